The molecule has 0 saturated carbocycles. The number of hydrogen-bond donors (Lipinski definition) is 2. The number of hydrogen-bond acceptors (Lipinski definition) is 6. The zero-order valence-electron chi connectivity index (χ0n) is 12.6. The molecule has 1 aliphatic heterocycles. The standard InChI is InChI=1S/C15H14N6O2/c1-8-15(22)20-11-5-9(3-4-12(11)23-8)19-13-10-6-18-21(2)14(10)17-7-16-13/h3-8H,1-2H3,(H,20,22)(H,16,17,19). The summed E-state index contributed by atoms with van der Waals surface area (Å²) in [6.45, 7) is 1.71. The molecule has 1 aromatic carbocycles. The van der Waals surface area contributed by atoms with Gasteiger partial charge < -0.3 is 15.4 Å². The fourth-order valence-electron chi connectivity index (χ4n) is 2.48. The number of aromatic nitrogens is 4. The van der Waals surface area contributed by atoms with E-state index in [1.54, 1.807) is 17.8 Å². The van der Waals surface area contributed by atoms with E-state index in [4.69, 9.17) is 4.74 Å². The predicted octanol–water partition coefficient (Wildman–Crippen LogP) is 1.83. The first-order valence-electron chi connectivity index (χ1n) is 7.13. The van der Waals surface area contributed by atoms with Crippen molar-refractivity contribution in [2.45, 2.75) is 13.0 Å². The third-order valence-electron chi connectivity index (χ3n) is 3.70. The van der Waals surface area contributed by atoms with Gasteiger partial charge in [0, 0.05) is 12.7 Å². The minimum Gasteiger partial charge on any atom is -0.479 e. The predicted molar refractivity (Wildman–Crippen MR) is 84.7 cm³/mol. The summed E-state index contributed by atoms with van der Waals surface area (Å²) >= 11 is 0. The van der Waals surface area contributed by atoms with Crippen LogP contribution in [0.4, 0.5) is 17.2 Å². The van der Waals surface area contributed by atoms with Crippen LogP contribution in [0.5, 0.6) is 5.75 Å². The van der Waals surface area contributed by atoms with E-state index in [0.29, 0.717) is 17.3 Å². The first-order chi connectivity index (χ1) is 11.1. The van der Waals surface area contributed by atoms with Gasteiger partial charge >= 0.3 is 0 Å². The fourth-order valence-corrected chi connectivity index (χ4v) is 2.48. The lowest BCUT2D eigenvalue weighted by atomic mass is 10.2. The highest BCUT2D eigenvalue weighted by Crippen LogP contribution is 2.33. The molecule has 1 unspecified atom stereocenters. The first-order valence-corrected chi connectivity index (χ1v) is 7.13. The van der Waals surface area contributed by atoms with E-state index in [2.05, 4.69) is 25.7 Å². The molecular weight excluding hydrogens is 296 g/mol. The van der Waals surface area contributed by atoms with Crippen LogP contribution in [-0.4, -0.2) is 31.8 Å². The lowest BCUT2D eigenvalue weighted by Crippen LogP contribution is -2.34. The van der Waals surface area contributed by atoms with Crippen LogP contribution in [0.2, 0.25) is 0 Å². The van der Waals surface area contributed by atoms with Crippen LogP contribution in [0, 0.1) is 0 Å². The van der Waals surface area contributed by atoms with E-state index in [-0.39, 0.29) is 5.91 Å². The maximum Gasteiger partial charge on any atom is 0.265 e. The largest absolute Gasteiger partial charge is 0.479 e. The fraction of sp³-hybridized carbons (Fsp3) is 0.200. The summed E-state index contributed by atoms with van der Waals surface area (Å²) in [4.78, 5) is 20.2. The summed E-state index contributed by atoms with van der Waals surface area (Å²) in [5.41, 5.74) is 2.16. The molecule has 2 N–H and O–H groups in total. The molecule has 1 atom stereocenters. The highest BCUT2D eigenvalue weighted by Gasteiger charge is 2.23. The average molecular weight is 310 g/mol. The van der Waals surface area contributed by atoms with Crippen molar-refractivity contribution < 1.29 is 9.53 Å². The molecule has 1 amide bonds. The average Bonchev–Trinajstić information content (AvgIpc) is 2.91. The Morgan fingerprint density at radius 2 is 2.22 bits per heavy atom. The molecule has 3 aromatic rings. The van der Waals surface area contributed by atoms with Crippen LogP contribution in [0.15, 0.2) is 30.7 Å². The Labute approximate surface area is 131 Å². The number of rotatable bonds is 2. The molecule has 3 heterocycles. The Bertz CT molecular complexity index is 919. The van der Waals surface area contributed by atoms with E-state index in [1.807, 2.05) is 25.2 Å². The molecule has 0 aliphatic carbocycles. The van der Waals surface area contributed by atoms with Gasteiger partial charge in [0.05, 0.1) is 17.3 Å². The molecule has 0 spiro atoms. The molecule has 0 fully saturated rings. The Hall–Kier alpha value is -3.16. The molecule has 0 bridgehead atoms. The van der Waals surface area contributed by atoms with E-state index >= 15 is 0 Å². The van der Waals surface area contributed by atoms with Gasteiger partial charge in [-0.15, -0.1) is 0 Å². The topological polar surface area (TPSA) is 94.0 Å². The molecule has 4 rings (SSSR count). The van der Waals surface area contributed by atoms with E-state index in [1.165, 1.54) is 6.33 Å². The first kappa shape index (κ1) is 13.5. The summed E-state index contributed by atoms with van der Waals surface area (Å²) in [5, 5.41) is 11.1. The van der Waals surface area contributed by atoms with Crippen molar-refractivity contribution in [2.75, 3.05) is 10.6 Å². The van der Waals surface area contributed by atoms with Gasteiger partial charge in [0.15, 0.2) is 11.8 Å². The molecule has 2 aromatic heterocycles. The summed E-state index contributed by atoms with van der Waals surface area (Å²) in [7, 11) is 1.83. The van der Waals surface area contributed by atoms with Gasteiger partial charge in [0.25, 0.3) is 5.91 Å². The van der Waals surface area contributed by atoms with Gasteiger partial charge in [-0.25, -0.2) is 9.97 Å². The van der Waals surface area contributed by atoms with Crippen LogP contribution in [0.3, 0.4) is 0 Å². The summed E-state index contributed by atoms with van der Waals surface area (Å²) in [5.74, 6) is 1.14. The Kier molecular flexibility index (Phi) is 2.90. The highest BCUT2D eigenvalue weighted by atomic mass is 16.5. The highest BCUT2D eigenvalue weighted by molar-refractivity contribution is 5.98. The second-order valence-electron chi connectivity index (χ2n) is 5.31. The molecule has 116 valence electrons. The molecule has 23 heavy (non-hydrogen) atoms. The number of anilines is 3. The van der Waals surface area contributed by atoms with Crippen LogP contribution >= 0.6 is 0 Å². The quantitative estimate of drug-likeness (QED) is 0.750. The van der Waals surface area contributed by atoms with Crippen molar-refractivity contribution in [3.8, 4) is 5.75 Å². The Balaban J connectivity index is 1.69. The minimum absolute atomic E-state index is 0.161. The number of amides is 1. The number of carbonyl (C=O) groups excluding carboxylic acids is 1. The maximum atomic E-state index is 11.7. The number of carbonyl (C=O) groups is 1. The number of fused-ring (bicyclic) bond motifs is 2. The van der Waals surface area contributed by atoms with Gasteiger partial charge in [-0.3, -0.25) is 9.48 Å². The lowest BCUT2D eigenvalue weighted by molar-refractivity contribution is -0.122. The summed E-state index contributed by atoms with van der Waals surface area (Å²) < 4.78 is 7.23. The second kappa shape index (κ2) is 4.94. The third kappa shape index (κ3) is 2.24. The van der Waals surface area contributed by atoms with Gasteiger partial charge in [-0.1, -0.05) is 0 Å². The van der Waals surface area contributed by atoms with Crippen molar-refractivity contribution in [3.63, 3.8) is 0 Å². The molecule has 1 aliphatic rings. The van der Waals surface area contributed by atoms with Gasteiger partial charge in [-0.05, 0) is 25.1 Å². The normalized spacial score (nSPS) is 16.6. The van der Waals surface area contributed by atoms with E-state index < -0.39 is 6.10 Å². The van der Waals surface area contributed by atoms with Gasteiger partial charge in [0.1, 0.15) is 17.9 Å². The number of ether oxygens (including phenoxy) is 1. The van der Waals surface area contributed by atoms with Crippen molar-refractivity contribution in [2.24, 2.45) is 7.05 Å². The number of benzene rings is 1. The number of nitrogens with zero attached hydrogens (tertiary/aromatic N) is 4. The van der Waals surface area contributed by atoms with Crippen LogP contribution in [0.1, 0.15) is 6.92 Å². The molecular formula is C15H14N6O2. The van der Waals surface area contributed by atoms with Crippen molar-refractivity contribution in [1.29, 1.82) is 0 Å². The van der Waals surface area contributed by atoms with Gasteiger partial charge in [-0.2, -0.15) is 5.10 Å². The SMILES string of the molecule is CC1Oc2ccc(Nc3ncnc4c3cnn4C)cc2NC1=O. The molecule has 0 radical (unpaired) electrons. The smallest absolute Gasteiger partial charge is 0.265 e. The molecule has 8 nitrogen and oxygen atoms in total. The summed E-state index contributed by atoms with van der Waals surface area (Å²) in [6, 6.07) is 5.49. The summed E-state index contributed by atoms with van der Waals surface area (Å²) in [6.07, 6.45) is 2.71. The molecule has 8 heteroatoms. The second-order valence-corrected chi connectivity index (χ2v) is 5.31. The van der Waals surface area contributed by atoms with Crippen LogP contribution in [0.25, 0.3) is 11.0 Å². The van der Waals surface area contributed by atoms with E-state index in [0.717, 1.165) is 16.7 Å². The van der Waals surface area contributed by atoms with Gasteiger partial charge in [0.2, 0.25) is 0 Å². The van der Waals surface area contributed by atoms with Crippen LogP contribution in [-0.2, 0) is 11.8 Å². The van der Waals surface area contributed by atoms with Crippen molar-refractivity contribution in [3.05, 3.63) is 30.7 Å². The Morgan fingerprint density at radius 1 is 1.35 bits per heavy atom. The third-order valence-corrected chi connectivity index (χ3v) is 3.70. The monoisotopic (exact) mass is 310 g/mol. The zero-order valence-corrected chi connectivity index (χ0v) is 12.6. The number of aryl methyl sites for hydroxylation is 1. The molecule has 0 saturated heterocycles. The number of nitrogens with one attached hydrogen (secondary N) is 2. The maximum absolute atomic E-state index is 11.7. The van der Waals surface area contributed by atoms with Crippen molar-refractivity contribution in [1.82, 2.24) is 19.7 Å². The van der Waals surface area contributed by atoms with E-state index in [9.17, 15) is 4.79 Å². The zero-order chi connectivity index (χ0) is 16.0. The minimum atomic E-state index is -0.488. The Morgan fingerprint density at radius 3 is 3.09 bits per heavy atom. The lowest BCUT2D eigenvalue weighted by Gasteiger charge is -2.23. The van der Waals surface area contributed by atoms with Crippen LogP contribution < -0.4 is 15.4 Å². The van der Waals surface area contributed by atoms with Crippen molar-refractivity contribution >= 4 is 34.1 Å².